The number of piperazine rings is 1. The third-order valence-electron chi connectivity index (χ3n) is 7.93. The van der Waals surface area contributed by atoms with Crippen LogP contribution in [0.15, 0.2) is 54.7 Å². The molecule has 0 spiro atoms. The molecule has 12 heteroatoms. The largest absolute Gasteiger partial charge is 0.480 e. The number of carbonyl (C=O) groups excluding carboxylic acids is 2. The van der Waals surface area contributed by atoms with E-state index in [-0.39, 0.29) is 24.3 Å². The summed E-state index contributed by atoms with van der Waals surface area (Å²) in [5, 5.41) is 2.97. The minimum Gasteiger partial charge on any atom is -0.480 e. The first kappa shape index (κ1) is 30.3. The monoisotopic (exact) mass is 597 g/mol. The molecule has 43 heavy (non-hydrogen) atoms. The van der Waals surface area contributed by atoms with Crippen molar-refractivity contribution in [3.05, 3.63) is 77.0 Å². The van der Waals surface area contributed by atoms with Crippen LogP contribution in [0.2, 0.25) is 0 Å². The van der Waals surface area contributed by atoms with Gasteiger partial charge in [-0.3, -0.25) is 9.59 Å². The number of ether oxygens (including phenoxy) is 2. The van der Waals surface area contributed by atoms with Gasteiger partial charge in [-0.25, -0.2) is 4.98 Å². The van der Waals surface area contributed by atoms with Gasteiger partial charge in [0, 0.05) is 38.9 Å². The minimum absolute atomic E-state index is 0.0584. The van der Waals surface area contributed by atoms with E-state index < -0.39 is 17.8 Å². The number of aromatic nitrogens is 1. The molecule has 0 bridgehead atoms. The zero-order valence-corrected chi connectivity index (χ0v) is 24.0. The Morgan fingerprint density at radius 3 is 2.37 bits per heavy atom. The number of carbonyl (C=O) groups is 2. The van der Waals surface area contributed by atoms with Gasteiger partial charge >= 0.3 is 6.18 Å². The predicted molar refractivity (Wildman–Crippen MR) is 155 cm³/mol. The van der Waals surface area contributed by atoms with E-state index in [2.05, 4.69) is 15.2 Å². The molecule has 5 rings (SSSR count). The van der Waals surface area contributed by atoms with Gasteiger partial charge in [-0.15, -0.1) is 0 Å². The summed E-state index contributed by atoms with van der Waals surface area (Å²) in [4.78, 5) is 34.0. The quantitative estimate of drug-likeness (QED) is 0.404. The van der Waals surface area contributed by atoms with Crippen LogP contribution in [0.4, 0.5) is 18.9 Å². The maximum Gasteiger partial charge on any atom is 0.416 e. The molecule has 0 radical (unpaired) electrons. The molecule has 9 nitrogen and oxygen atoms in total. The van der Waals surface area contributed by atoms with Crippen molar-refractivity contribution in [1.29, 1.82) is 0 Å². The Morgan fingerprint density at radius 2 is 1.79 bits per heavy atom. The van der Waals surface area contributed by atoms with Crippen LogP contribution in [0.25, 0.3) is 11.1 Å². The molecular formula is C31H34F3N5O4. The fourth-order valence-corrected chi connectivity index (χ4v) is 5.27. The summed E-state index contributed by atoms with van der Waals surface area (Å²) in [6.45, 7) is 5.12. The van der Waals surface area contributed by atoms with E-state index in [4.69, 9.17) is 15.2 Å². The summed E-state index contributed by atoms with van der Waals surface area (Å²) < 4.78 is 50.5. The van der Waals surface area contributed by atoms with E-state index in [1.807, 2.05) is 11.8 Å². The van der Waals surface area contributed by atoms with E-state index >= 15 is 0 Å². The van der Waals surface area contributed by atoms with Crippen LogP contribution < -0.4 is 20.7 Å². The second-order valence-electron chi connectivity index (χ2n) is 10.7. The van der Waals surface area contributed by atoms with Crippen molar-refractivity contribution < 1.29 is 32.2 Å². The average molecular weight is 598 g/mol. The second kappa shape index (κ2) is 12.6. The molecule has 1 atom stereocenters. The normalized spacial score (nSPS) is 16.4. The van der Waals surface area contributed by atoms with Crippen LogP contribution in [0, 0.1) is 5.92 Å². The first-order valence-corrected chi connectivity index (χ1v) is 14.1. The van der Waals surface area contributed by atoms with Crippen LogP contribution in [0.5, 0.6) is 5.88 Å². The summed E-state index contributed by atoms with van der Waals surface area (Å²) in [5.41, 5.74) is 8.45. The number of halogens is 3. The molecule has 0 unspecified atom stereocenters. The number of benzene rings is 2. The number of methoxy groups -OCH3 is 1. The summed E-state index contributed by atoms with van der Waals surface area (Å²) in [5.74, 6) is 0.103. The Morgan fingerprint density at radius 1 is 1.09 bits per heavy atom. The molecule has 3 N–H and O–H groups in total. The van der Waals surface area contributed by atoms with Gasteiger partial charge in [0.05, 0.1) is 43.4 Å². The van der Waals surface area contributed by atoms with E-state index in [1.165, 1.54) is 19.4 Å². The number of nitrogens with zero attached hydrogens (tertiary/aromatic N) is 3. The maximum atomic E-state index is 13.3. The zero-order valence-electron chi connectivity index (χ0n) is 24.0. The maximum absolute atomic E-state index is 13.3. The van der Waals surface area contributed by atoms with E-state index in [9.17, 15) is 22.8 Å². The lowest BCUT2D eigenvalue weighted by molar-refractivity contribution is -0.150. The Bertz CT molecular complexity index is 1470. The molecule has 2 aliphatic rings. The van der Waals surface area contributed by atoms with Crippen LogP contribution in [0.3, 0.4) is 0 Å². The highest BCUT2D eigenvalue weighted by molar-refractivity contribution is 5.95. The summed E-state index contributed by atoms with van der Waals surface area (Å²) in [7, 11) is 1.52. The van der Waals surface area contributed by atoms with Crippen molar-refractivity contribution in [3.63, 3.8) is 0 Å². The van der Waals surface area contributed by atoms with Crippen molar-refractivity contribution >= 4 is 17.5 Å². The molecule has 3 aromatic rings. The molecule has 0 saturated carbocycles. The number of alkyl halides is 3. The highest BCUT2D eigenvalue weighted by Gasteiger charge is 2.33. The lowest BCUT2D eigenvalue weighted by atomic mass is 9.95. The predicted octanol–water partition coefficient (Wildman–Crippen LogP) is 4.02. The highest BCUT2D eigenvalue weighted by Crippen LogP contribution is 2.35. The molecule has 228 valence electrons. The third kappa shape index (κ3) is 6.60. The van der Waals surface area contributed by atoms with Crippen LogP contribution in [-0.4, -0.2) is 68.2 Å². The molecule has 2 fully saturated rings. The highest BCUT2D eigenvalue weighted by atomic mass is 19.4. The Kier molecular flexibility index (Phi) is 8.88. The number of amides is 2. The Hall–Kier alpha value is -4.16. The van der Waals surface area contributed by atoms with Crippen molar-refractivity contribution in [1.82, 2.24) is 15.2 Å². The van der Waals surface area contributed by atoms with Crippen LogP contribution in [-0.2, 0) is 22.3 Å². The van der Waals surface area contributed by atoms with Gasteiger partial charge < -0.3 is 30.3 Å². The molecule has 2 aromatic carbocycles. The van der Waals surface area contributed by atoms with Gasteiger partial charge in [0.2, 0.25) is 11.8 Å². The fraction of sp³-hybridized carbons (Fsp3) is 0.387. The molecule has 2 amide bonds. The van der Waals surface area contributed by atoms with Gasteiger partial charge in [-0.1, -0.05) is 30.3 Å². The van der Waals surface area contributed by atoms with Crippen molar-refractivity contribution in [2.75, 3.05) is 51.4 Å². The van der Waals surface area contributed by atoms with E-state index in [1.54, 1.807) is 30.3 Å². The molecular weight excluding hydrogens is 563 g/mol. The molecule has 3 heterocycles. The first-order chi connectivity index (χ1) is 20.6. The van der Waals surface area contributed by atoms with Crippen LogP contribution in [0.1, 0.15) is 40.0 Å². The van der Waals surface area contributed by atoms with Gasteiger partial charge in [-0.05, 0) is 47.4 Å². The Balaban J connectivity index is 1.26. The third-order valence-corrected chi connectivity index (χ3v) is 7.93. The molecule has 1 aromatic heterocycles. The lowest BCUT2D eigenvalue weighted by Crippen LogP contribution is -2.53. The Labute approximate surface area is 247 Å². The zero-order chi connectivity index (χ0) is 30.7. The number of rotatable bonds is 8. The first-order valence-electron chi connectivity index (χ1n) is 14.1. The number of pyridine rings is 1. The SMILES string of the molecule is COc1ncc(C(=O)N[C@H](C)c2ccc(-c3cc(C(F)(F)F)ccc3CN)cc2)cc1N1CCN(C(=O)C2COC2)CC1. The standard InChI is InChI=1S/C31H34F3N5O4/c1-19(20-3-5-21(6-4-20)26-14-25(31(32,33)34)8-7-22(26)15-35)37-28(40)23-13-27(29(42-2)36-16-23)38-9-11-39(12-10-38)30(41)24-17-43-18-24/h3-8,13-14,16,19,24H,9-12,15,17-18,35H2,1-2H3,(H,37,40)/t19-/m1/s1. The average Bonchev–Trinajstić information content (AvgIpc) is 2.99. The topological polar surface area (TPSA) is 110 Å². The number of anilines is 1. The summed E-state index contributed by atoms with van der Waals surface area (Å²) >= 11 is 0. The van der Waals surface area contributed by atoms with Crippen LogP contribution >= 0.6 is 0 Å². The van der Waals surface area contributed by atoms with E-state index in [0.717, 1.165) is 17.7 Å². The minimum atomic E-state index is -4.46. The summed E-state index contributed by atoms with van der Waals surface area (Å²) in [6, 6.07) is 11.9. The van der Waals surface area contributed by atoms with Crippen molar-refractivity contribution in [2.24, 2.45) is 11.7 Å². The van der Waals surface area contributed by atoms with Crippen molar-refractivity contribution in [2.45, 2.75) is 25.7 Å². The fourth-order valence-electron chi connectivity index (χ4n) is 5.27. The van der Waals surface area contributed by atoms with Gasteiger partial charge in [0.25, 0.3) is 5.91 Å². The number of nitrogens with one attached hydrogen (secondary N) is 1. The van der Waals surface area contributed by atoms with Gasteiger partial charge in [0.15, 0.2) is 0 Å². The lowest BCUT2D eigenvalue weighted by Gasteiger charge is -2.39. The van der Waals surface area contributed by atoms with Gasteiger partial charge in [0.1, 0.15) is 5.69 Å². The summed E-state index contributed by atoms with van der Waals surface area (Å²) in [6.07, 6.45) is -3.01. The molecule has 2 saturated heterocycles. The van der Waals surface area contributed by atoms with Gasteiger partial charge in [-0.2, -0.15) is 13.2 Å². The van der Waals surface area contributed by atoms with Crippen molar-refractivity contribution in [3.8, 4) is 17.0 Å². The van der Waals surface area contributed by atoms with E-state index in [0.29, 0.717) is 73.2 Å². The number of hydrogen-bond acceptors (Lipinski definition) is 7. The second-order valence-corrected chi connectivity index (χ2v) is 10.7. The number of nitrogens with two attached hydrogens (primary N) is 1. The molecule has 0 aliphatic carbocycles. The molecule has 2 aliphatic heterocycles. The number of hydrogen-bond donors (Lipinski definition) is 2. The smallest absolute Gasteiger partial charge is 0.416 e.